The van der Waals surface area contributed by atoms with Crippen LogP contribution in [-0.4, -0.2) is 41.6 Å². The Balaban J connectivity index is 4.37. The first-order valence-corrected chi connectivity index (χ1v) is 24.4. The molecule has 0 aliphatic rings. The molecule has 0 aromatic carbocycles. The number of aliphatic carboxylic acids is 1. The molecule has 0 bridgehead atoms. The van der Waals surface area contributed by atoms with Crippen molar-refractivity contribution in [2.24, 2.45) is 5.73 Å². The normalized spacial score (nSPS) is 13.4. The molecule has 0 rings (SSSR count). The number of carboxylic acids is 1. The van der Waals surface area contributed by atoms with Gasteiger partial charge in [0.2, 0.25) is 5.91 Å². The van der Waals surface area contributed by atoms with Crippen LogP contribution in [0.15, 0.2) is 85.1 Å². The lowest BCUT2D eigenvalue weighted by atomic mass is 10.0. The molecule has 0 heterocycles. The second kappa shape index (κ2) is 46.6. The molecule has 0 saturated heterocycles. The number of hydrogen-bond acceptors (Lipinski definition) is 5. The Hall–Kier alpha value is -3.45. The molecule has 0 aromatic heterocycles. The Morgan fingerprint density at radius 2 is 0.917 bits per heavy atom. The largest absolute Gasteiger partial charge is 0.480 e. The van der Waals surface area contributed by atoms with Gasteiger partial charge in [-0.2, -0.15) is 0 Å². The Kier molecular flexibility index (Phi) is 43.9. The number of carbonyl (C=O) groups excluding carboxylic acids is 2. The third-order valence-electron chi connectivity index (χ3n) is 10.5. The van der Waals surface area contributed by atoms with Gasteiger partial charge in [0.15, 0.2) is 0 Å². The predicted molar refractivity (Wildman–Crippen MR) is 257 cm³/mol. The van der Waals surface area contributed by atoms with Crippen molar-refractivity contribution in [3.05, 3.63) is 85.1 Å². The summed E-state index contributed by atoms with van der Waals surface area (Å²) >= 11 is 0. The van der Waals surface area contributed by atoms with Gasteiger partial charge in [-0.05, 0) is 109 Å². The van der Waals surface area contributed by atoms with Crippen molar-refractivity contribution >= 4 is 17.8 Å². The molecule has 0 aliphatic carbocycles. The number of allylic oxidation sites excluding steroid dienone is 14. The van der Waals surface area contributed by atoms with E-state index in [0.717, 1.165) is 109 Å². The Labute approximate surface area is 368 Å². The highest BCUT2D eigenvalue weighted by molar-refractivity contribution is 5.83. The number of rotatable bonds is 43. The molecule has 0 aromatic rings. The summed E-state index contributed by atoms with van der Waals surface area (Å²) in [6.07, 6.45) is 62.1. The van der Waals surface area contributed by atoms with Gasteiger partial charge in [0.1, 0.15) is 12.1 Å². The second-order valence-corrected chi connectivity index (χ2v) is 16.1. The molecule has 0 spiro atoms. The highest BCUT2D eigenvalue weighted by Gasteiger charge is 2.19. The Morgan fingerprint density at radius 1 is 0.500 bits per heavy atom. The average molecular weight is 835 g/mol. The van der Waals surface area contributed by atoms with E-state index in [-0.39, 0.29) is 18.0 Å². The Bertz CT molecular complexity index is 1210. The summed E-state index contributed by atoms with van der Waals surface area (Å²) in [6, 6.07) is -0.864. The minimum absolute atomic E-state index is 0.0213. The van der Waals surface area contributed by atoms with Crippen molar-refractivity contribution in [1.82, 2.24) is 5.32 Å². The van der Waals surface area contributed by atoms with E-state index < -0.39 is 12.0 Å². The fraction of sp³-hybridized carbons (Fsp3) is 0.679. The topological polar surface area (TPSA) is 119 Å². The third kappa shape index (κ3) is 42.7. The van der Waals surface area contributed by atoms with Gasteiger partial charge in [-0.3, -0.25) is 9.59 Å². The molecule has 0 saturated carbocycles. The SMILES string of the molecule is CC/C=C\C/C=C\C/C=C\C/C=C\C/C=C\C/C=C\C/C=C\CCCC(=O)OC(CCCCCCCCCCCCC)CCCCCCCC(=O)NC(CCCN)C(=O)O. The van der Waals surface area contributed by atoms with Gasteiger partial charge in [0.05, 0.1) is 0 Å². The molecular weight excluding hydrogens is 745 g/mol. The zero-order chi connectivity index (χ0) is 43.8. The van der Waals surface area contributed by atoms with Crippen molar-refractivity contribution < 1.29 is 24.2 Å². The van der Waals surface area contributed by atoms with Gasteiger partial charge in [-0.25, -0.2) is 4.79 Å². The van der Waals surface area contributed by atoms with Crippen LogP contribution in [0.4, 0.5) is 0 Å². The fourth-order valence-electron chi connectivity index (χ4n) is 6.85. The number of nitrogens with one attached hydrogen (secondary N) is 1. The van der Waals surface area contributed by atoms with Crippen molar-refractivity contribution in [1.29, 1.82) is 0 Å². The van der Waals surface area contributed by atoms with Crippen molar-refractivity contribution in [2.75, 3.05) is 6.54 Å². The molecule has 60 heavy (non-hydrogen) atoms. The summed E-state index contributed by atoms with van der Waals surface area (Å²) in [7, 11) is 0. The van der Waals surface area contributed by atoms with Crippen LogP contribution in [0.2, 0.25) is 0 Å². The number of carbonyl (C=O) groups is 3. The standard InChI is InChI=1S/C53H90N2O5/c1-3-5-7-9-11-13-15-16-17-18-19-20-21-22-23-24-25-26-28-30-32-37-41-47-52(57)60-49(43-38-34-31-29-27-14-12-10-8-6-4-2)44-39-35-33-36-40-46-51(56)55-50(53(58)59)45-42-48-54/h5,7,11,13,16-17,19-20,22-23,25-26,30,32,49-50H,3-4,6,8-10,12,14-15,18,21,24,27-29,31,33-48,54H2,1-2H3,(H,55,56)(H,58,59)/b7-5-,13-11-,17-16-,20-19-,23-22-,26-25-,32-30-. The van der Waals surface area contributed by atoms with Gasteiger partial charge in [-0.1, -0.05) is 182 Å². The average Bonchev–Trinajstić information content (AvgIpc) is 3.23. The molecule has 1 amide bonds. The van der Waals surface area contributed by atoms with E-state index in [1.807, 2.05) is 0 Å². The van der Waals surface area contributed by atoms with Crippen LogP contribution in [-0.2, 0) is 19.1 Å². The van der Waals surface area contributed by atoms with Crippen LogP contribution in [0.5, 0.6) is 0 Å². The van der Waals surface area contributed by atoms with E-state index in [9.17, 15) is 19.5 Å². The number of hydrogen-bond donors (Lipinski definition) is 3. The lowest BCUT2D eigenvalue weighted by molar-refractivity contribution is -0.150. The molecular formula is C53H90N2O5. The third-order valence-corrected chi connectivity index (χ3v) is 10.5. The summed E-state index contributed by atoms with van der Waals surface area (Å²) in [4.78, 5) is 36.5. The number of esters is 1. The molecule has 7 nitrogen and oxygen atoms in total. The van der Waals surface area contributed by atoms with E-state index in [2.05, 4.69) is 104 Å². The Morgan fingerprint density at radius 3 is 1.35 bits per heavy atom. The first-order valence-electron chi connectivity index (χ1n) is 24.4. The molecule has 2 unspecified atom stereocenters. The molecule has 7 heteroatoms. The first-order chi connectivity index (χ1) is 29.4. The maximum absolute atomic E-state index is 12.8. The highest BCUT2D eigenvalue weighted by atomic mass is 16.5. The van der Waals surface area contributed by atoms with Gasteiger partial charge >= 0.3 is 11.9 Å². The summed E-state index contributed by atoms with van der Waals surface area (Å²) in [6.45, 7) is 4.83. The van der Waals surface area contributed by atoms with Gasteiger partial charge in [-0.15, -0.1) is 0 Å². The van der Waals surface area contributed by atoms with E-state index in [1.54, 1.807) is 0 Å². The molecule has 2 atom stereocenters. The monoisotopic (exact) mass is 835 g/mol. The van der Waals surface area contributed by atoms with Gasteiger partial charge < -0.3 is 20.9 Å². The van der Waals surface area contributed by atoms with Crippen LogP contribution in [0.3, 0.4) is 0 Å². The first kappa shape index (κ1) is 56.5. The zero-order valence-electron chi connectivity index (χ0n) is 38.5. The molecule has 0 aliphatic heterocycles. The maximum atomic E-state index is 12.8. The van der Waals surface area contributed by atoms with E-state index in [0.29, 0.717) is 32.2 Å². The van der Waals surface area contributed by atoms with Gasteiger partial charge in [0, 0.05) is 12.8 Å². The fourth-order valence-corrected chi connectivity index (χ4v) is 6.85. The number of carboxylic acid groups (broad SMARTS) is 1. The molecule has 342 valence electrons. The van der Waals surface area contributed by atoms with Crippen LogP contribution in [0.25, 0.3) is 0 Å². The zero-order valence-corrected chi connectivity index (χ0v) is 38.5. The lowest BCUT2D eigenvalue weighted by Crippen LogP contribution is -2.40. The van der Waals surface area contributed by atoms with Crippen molar-refractivity contribution in [3.63, 3.8) is 0 Å². The quantitative estimate of drug-likeness (QED) is 0.0320. The van der Waals surface area contributed by atoms with E-state index in [4.69, 9.17) is 10.5 Å². The molecule has 0 radical (unpaired) electrons. The summed E-state index contributed by atoms with van der Waals surface area (Å²) in [5.74, 6) is -1.30. The predicted octanol–water partition coefficient (Wildman–Crippen LogP) is 14.5. The number of ether oxygens (including phenoxy) is 1. The van der Waals surface area contributed by atoms with Gasteiger partial charge in [0.25, 0.3) is 0 Å². The summed E-state index contributed by atoms with van der Waals surface area (Å²) in [5, 5.41) is 12.0. The maximum Gasteiger partial charge on any atom is 0.326 e. The van der Waals surface area contributed by atoms with Crippen LogP contribution in [0.1, 0.15) is 213 Å². The number of amides is 1. The summed E-state index contributed by atoms with van der Waals surface area (Å²) in [5.41, 5.74) is 5.49. The van der Waals surface area contributed by atoms with Crippen LogP contribution in [0, 0.1) is 0 Å². The molecule has 4 N–H and O–H groups in total. The number of nitrogens with two attached hydrogens (primary N) is 1. The van der Waals surface area contributed by atoms with Crippen LogP contribution >= 0.6 is 0 Å². The van der Waals surface area contributed by atoms with Crippen molar-refractivity contribution in [2.45, 2.75) is 225 Å². The second-order valence-electron chi connectivity index (χ2n) is 16.1. The minimum Gasteiger partial charge on any atom is -0.480 e. The number of unbranched alkanes of at least 4 members (excludes halogenated alkanes) is 15. The smallest absolute Gasteiger partial charge is 0.326 e. The lowest BCUT2D eigenvalue weighted by Gasteiger charge is -2.18. The van der Waals surface area contributed by atoms with Crippen LogP contribution < -0.4 is 11.1 Å². The summed E-state index contributed by atoms with van der Waals surface area (Å²) < 4.78 is 6.04. The minimum atomic E-state index is -1.01. The highest BCUT2D eigenvalue weighted by Crippen LogP contribution is 2.19. The van der Waals surface area contributed by atoms with E-state index >= 15 is 0 Å². The van der Waals surface area contributed by atoms with E-state index in [1.165, 1.54) is 64.2 Å². The molecule has 0 fully saturated rings. The van der Waals surface area contributed by atoms with Crippen molar-refractivity contribution in [3.8, 4) is 0 Å².